The Balaban J connectivity index is 1.10. The van der Waals surface area contributed by atoms with Crippen LogP contribution in [0.2, 0.25) is 0 Å². The van der Waals surface area contributed by atoms with E-state index in [4.69, 9.17) is 9.47 Å². The highest BCUT2D eigenvalue weighted by molar-refractivity contribution is 5.93. The number of nitrogens with one attached hydrogen (secondary N) is 1. The number of amides is 1. The third-order valence-corrected chi connectivity index (χ3v) is 7.56. The molecular weight excluding hydrogens is 396 g/mol. The largest absolute Gasteiger partial charge is 0.456 e. The molecular formula is C24H32N2O5. The Morgan fingerprint density at radius 1 is 1.10 bits per heavy atom. The average Bonchev–Trinajstić information content (AvgIpc) is 2.71. The second-order valence-corrected chi connectivity index (χ2v) is 10.2. The van der Waals surface area contributed by atoms with E-state index in [0.29, 0.717) is 30.4 Å². The van der Waals surface area contributed by atoms with Gasteiger partial charge in [0.25, 0.3) is 5.91 Å². The number of anilines is 2. The van der Waals surface area contributed by atoms with Gasteiger partial charge < -0.3 is 24.8 Å². The smallest absolute Gasteiger partial charge is 0.306 e. The van der Waals surface area contributed by atoms with E-state index in [2.05, 4.69) is 10.2 Å². The second kappa shape index (κ2) is 8.10. The van der Waals surface area contributed by atoms with Gasteiger partial charge in [-0.1, -0.05) is 0 Å². The van der Waals surface area contributed by atoms with Gasteiger partial charge in [0.15, 0.2) is 6.61 Å². The molecule has 2 unspecified atom stereocenters. The molecule has 31 heavy (non-hydrogen) atoms. The number of benzene rings is 1. The van der Waals surface area contributed by atoms with Crippen LogP contribution in [0.3, 0.4) is 0 Å². The van der Waals surface area contributed by atoms with Crippen LogP contribution in [0.5, 0.6) is 0 Å². The highest BCUT2D eigenvalue weighted by Gasteiger charge is 2.57. The molecule has 0 spiro atoms. The molecule has 4 aliphatic carbocycles. The molecule has 0 aromatic heterocycles. The predicted molar refractivity (Wildman–Crippen MR) is 116 cm³/mol. The molecule has 1 aliphatic heterocycles. The molecule has 1 aromatic carbocycles. The Morgan fingerprint density at radius 2 is 1.77 bits per heavy atom. The van der Waals surface area contributed by atoms with Crippen molar-refractivity contribution in [2.24, 2.45) is 17.3 Å². The highest BCUT2D eigenvalue weighted by Crippen LogP contribution is 2.62. The summed E-state index contributed by atoms with van der Waals surface area (Å²) in [6, 6.07) is 7.68. The number of carbonyl (C=O) groups is 2. The molecule has 1 aromatic rings. The number of hydrogen-bond donors (Lipinski definition) is 2. The summed E-state index contributed by atoms with van der Waals surface area (Å²) in [5.41, 5.74) is 1.06. The van der Waals surface area contributed by atoms with Crippen LogP contribution in [-0.4, -0.2) is 55.5 Å². The zero-order chi connectivity index (χ0) is 21.5. The molecule has 168 valence electrons. The van der Waals surface area contributed by atoms with E-state index in [1.165, 1.54) is 6.42 Å². The van der Waals surface area contributed by atoms with E-state index in [0.717, 1.165) is 57.7 Å². The van der Waals surface area contributed by atoms with Gasteiger partial charge >= 0.3 is 5.97 Å². The van der Waals surface area contributed by atoms with Crippen LogP contribution in [0.4, 0.5) is 11.4 Å². The minimum Gasteiger partial charge on any atom is -0.456 e. The zero-order valence-corrected chi connectivity index (χ0v) is 18.0. The Kier molecular flexibility index (Phi) is 5.42. The summed E-state index contributed by atoms with van der Waals surface area (Å²) in [6.45, 7) is 2.90. The fourth-order valence-electron chi connectivity index (χ4n) is 6.89. The quantitative estimate of drug-likeness (QED) is 0.678. The van der Waals surface area contributed by atoms with E-state index in [1.807, 2.05) is 24.3 Å². The van der Waals surface area contributed by atoms with E-state index in [1.54, 1.807) is 0 Å². The maximum Gasteiger partial charge on any atom is 0.306 e. The lowest BCUT2D eigenvalue weighted by Gasteiger charge is -2.60. The topological polar surface area (TPSA) is 88.1 Å². The molecule has 0 radical (unpaired) electrons. The fraction of sp³-hybridized carbons (Fsp3) is 0.667. The molecule has 7 nitrogen and oxygen atoms in total. The summed E-state index contributed by atoms with van der Waals surface area (Å²) >= 11 is 0. The van der Waals surface area contributed by atoms with Crippen molar-refractivity contribution in [3.8, 4) is 0 Å². The van der Waals surface area contributed by atoms with Gasteiger partial charge in [-0.05, 0) is 80.0 Å². The Hall–Kier alpha value is -2.12. The van der Waals surface area contributed by atoms with E-state index >= 15 is 0 Å². The van der Waals surface area contributed by atoms with Crippen LogP contribution in [-0.2, 0) is 19.1 Å². The van der Waals surface area contributed by atoms with Gasteiger partial charge in [-0.25, -0.2) is 0 Å². The SMILES string of the molecule is O=C(COC(=O)CC12C[C@@H]3C[C@@H](CC(O)(C3)C1)C2)Nc1ccc(N2CCOCC2)cc1. The van der Waals surface area contributed by atoms with Crippen LogP contribution in [0.15, 0.2) is 24.3 Å². The Labute approximate surface area is 183 Å². The van der Waals surface area contributed by atoms with Crippen LogP contribution >= 0.6 is 0 Å². The molecule has 6 rings (SSSR count). The number of nitrogens with zero attached hydrogens (tertiary/aromatic N) is 1. The monoisotopic (exact) mass is 428 g/mol. The molecule has 2 N–H and O–H groups in total. The third-order valence-electron chi connectivity index (χ3n) is 7.56. The predicted octanol–water partition coefficient (Wildman–Crippen LogP) is 2.73. The van der Waals surface area contributed by atoms with E-state index < -0.39 is 5.60 Å². The Morgan fingerprint density at radius 3 is 2.42 bits per heavy atom. The minimum atomic E-state index is -0.588. The van der Waals surface area contributed by atoms with Gasteiger partial charge in [0.1, 0.15) is 0 Å². The third kappa shape index (κ3) is 4.58. The van der Waals surface area contributed by atoms with Gasteiger partial charge in [0.05, 0.1) is 25.2 Å². The van der Waals surface area contributed by atoms with Gasteiger partial charge in [-0.2, -0.15) is 0 Å². The number of esters is 1. The van der Waals surface area contributed by atoms with Gasteiger partial charge in [0, 0.05) is 24.5 Å². The fourth-order valence-corrected chi connectivity index (χ4v) is 6.89. The normalized spacial score (nSPS) is 33.9. The maximum absolute atomic E-state index is 12.5. The number of rotatable bonds is 6. The van der Waals surface area contributed by atoms with Crippen molar-refractivity contribution in [3.63, 3.8) is 0 Å². The summed E-state index contributed by atoms with van der Waals surface area (Å²) in [7, 11) is 0. The van der Waals surface area contributed by atoms with Gasteiger partial charge in [-0.3, -0.25) is 9.59 Å². The van der Waals surface area contributed by atoms with Gasteiger partial charge in [-0.15, -0.1) is 0 Å². The molecule has 5 fully saturated rings. The number of aliphatic hydroxyl groups is 1. The molecule has 5 aliphatic rings. The minimum absolute atomic E-state index is 0.137. The lowest BCUT2D eigenvalue weighted by Crippen LogP contribution is -2.56. The van der Waals surface area contributed by atoms with Crippen LogP contribution in [0.1, 0.15) is 44.9 Å². The summed E-state index contributed by atoms with van der Waals surface area (Å²) in [4.78, 5) is 27.0. The molecule has 1 heterocycles. The van der Waals surface area contributed by atoms with Crippen molar-refractivity contribution in [2.45, 2.75) is 50.5 Å². The maximum atomic E-state index is 12.5. The first-order valence-corrected chi connectivity index (χ1v) is 11.5. The van der Waals surface area contributed by atoms with Crippen molar-refractivity contribution in [1.82, 2.24) is 0 Å². The van der Waals surface area contributed by atoms with Crippen molar-refractivity contribution >= 4 is 23.3 Å². The van der Waals surface area contributed by atoms with Crippen molar-refractivity contribution in [1.29, 1.82) is 0 Å². The first kappa shape index (κ1) is 20.8. The highest BCUT2D eigenvalue weighted by atomic mass is 16.5. The van der Waals surface area contributed by atoms with E-state index in [-0.39, 0.29) is 23.9 Å². The second-order valence-electron chi connectivity index (χ2n) is 10.2. The van der Waals surface area contributed by atoms with E-state index in [9.17, 15) is 14.7 Å². The molecule has 4 atom stereocenters. The van der Waals surface area contributed by atoms with Crippen molar-refractivity contribution < 1.29 is 24.2 Å². The van der Waals surface area contributed by atoms with Gasteiger partial charge in [0.2, 0.25) is 0 Å². The molecule has 4 bridgehead atoms. The molecule has 7 heteroatoms. The van der Waals surface area contributed by atoms with Crippen molar-refractivity contribution in [3.05, 3.63) is 24.3 Å². The average molecular weight is 429 g/mol. The summed E-state index contributed by atoms with van der Waals surface area (Å²) in [5, 5.41) is 13.6. The standard InChI is InChI=1S/C24H32N2O5/c27-21(25-19-1-3-20(4-2-19)26-5-7-30-8-6-26)15-31-22(28)14-23-10-17-9-18(11-23)13-24(29,12-17)16-23/h1-4,17-18,29H,5-16H2,(H,25,27)/t17-,18+,23?,24?. The summed E-state index contributed by atoms with van der Waals surface area (Å²) in [6.07, 6.45) is 5.96. The Bertz CT molecular complexity index is 819. The summed E-state index contributed by atoms with van der Waals surface area (Å²) < 4.78 is 10.7. The first-order chi connectivity index (χ1) is 14.9. The molecule has 1 amide bonds. The first-order valence-electron chi connectivity index (χ1n) is 11.5. The van der Waals surface area contributed by atoms with Crippen molar-refractivity contribution in [2.75, 3.05) is 43.1 Å². The number of carbonyl (C=O) groups excluding carboxylic acids is 2. The number of morpholine rings is 1. The van der Waals surface area contributed by atoms with Crippen LogP contribution in [0, 0.1) is 17.3 Å². The van der Waals surface area contributed by atoms with Crippen LogP contribution < -0.4 is 10.2 Å². The lowest BCUT2D eigenvalue weighted by atomic mass is 9.47. The number of hydrogen-bond acceptors (Lipinski definition) is 6. The summed E-state index contributed by atoms with van der Waals surface area (Å²) in [5.74, 6) is 0.394. The lowest BCUT2D eigenvalue weighted by molar-refractivity contribution is -0.177. The molecule has 1 saturated heterocycles. The number of ether oxygens (including phenoxy) is 2. The zero-order valence-electron chi connectivity index (χ0n) is 18.0. The molecule has 4 saturated carbocycles. The van der Waals surface area contributed by atoms with Crippen LogP contribution in [0.25, 0.3) is 0 Å².